The number of likely N-dealkylation sites (N-methyl/N-ethyl adjacent to an activating group) is 1. The van der Waals surface area contributed by atoms with Crippen LogP contribution in [0.3, 0.4) is 0 Å². The van der Waals surface area contributed by atoms with Crippen molar-refractivity contribution in [1.82, 2.24) is 14.9 Å². The molecule has 2 aromatic heterocycles. The Hall–Kier alpha value is -1.92. The van der Waals surface area contributed by atoms with Crippen LogP contribution in [0.1, 0.15) is 24.8 Å². The van der Waals surface area contributed by atoms with E-state index in [1.807, 2.05) is 18.4 Å². The van der Waals surface area contributed by atoms with Crippen molar-refractivity contribution in [3.8, 4) is 0 Å². The van der Waals surface area contributed by atoms with Gasteiger partial charge in [-0.25, -0.2) is 9.97 Å². The number of nitrogens with zero attached hydrogens (tertiary/aromatic N) is 4. The third-order valence-electron chi connectivity index (χ3n) is 5.21. The number of furan rings is 1. The van der Waals surface area contributed by atoms with Gasteiger partial charge in [0.25, 0.3) is 0 Å². The third-order valence-corrected chi connectivity index (χ3v) is 5.21. The maximum absolute atomic E-state index is 6.32. The lowest BCUT2D eigenvalue weighted by atomic mass is 9.88. The molecule has 2 aliphatic heterocycles. The Morgan fingerprint density at radius 3 is 3.04 bits per heavy atom. The van der Waals surface area contributed by atoms with Crippen LogP contribution in [-0.2, 0) is 11.3 Å². The highest BCUT2D eigenvalue weighted by Gasteiger charge is 2.44. The molecule has 0 aromatic carbocycles. The van der Waals surface area contributed by atoms with E-state index in [-0.39, 0.29) is 5.60 Å². The summed E-state index contributed by atoms with van der Waals surface area (Å²) in [6.07, 6.45) is 10.5. The van der Waals surface area contributed by atoms with Crippen LogP contribution in [0, 0.1) is 0 Å². The molecule has 2 saturated heterocycles. The predicted molar refractivity (Wildman–Crippen MR) is 90.7 cm³/mol. The van der Waals surface area contributed by atoms with Gasteiger partial charge in [-0.15, -0.1) is 0 Å². The Labute approximate surface area is 142 Å². The Morgan fingerprint density at radius 1 is 1.38 bits per heavy atom. The Balaban J connectivity index is 1.41. The smallest absolute Gasteiger partial charge is 0.225 e. The van der Waals surface area contributed by atoms with Crippen molar-refractivity contribution < 1.29 is 9.15 Å². The topological polar surface area (TPSA) is 54.6 Å². The van der Waals surface area contributed by atoms with Gasteiger partial charge in [-0.1, -0.05) is 0 Å². The number of ether oxygens (including phenoxy) is 1. The fraction of sp³-hybridized carbons (Fsp3) is 0.556. The number of hydrogen-bond donors (Lipinski definition) is 0. The number of hydrogen-bond acceptors (Lipinski definition) is 6. The fourth-order valence-corrected chi connectivity index (χ4v) is 3.96. The van der Waals surface area contributed by atoms with Crippen molar-refractivity contribution in [3.63, 3.8) is 0 Å². The van der Waals surface area contributed by atoms with E-state index in [0.717, 1.165) is 45.0 Å². The second-order valence-corrected chi connectivity index (χ2v) is 6.96. The van der Waals surface area contributed by atoms with Gasteiger partial charge in [0.05, 0.1) is 30.8 Å². The van der Waals surface area contributed by atoms with Gasteiger partial charge in [0.15, 0.2) is 0 Å². The molecule has 1 spiro atoms. The molecule has 0 N–H and O–H groups in total. The first-order valence-corrected chi connectivity index (χ1v) is 8.61. The molecule has 128 valence electrons. The van der Waals surface area contributed by atoms with Gasteiger partial charge in [0.1, 0.15) is 0 Å². The largest absolute Gasteiger partial charge is 0.472 e. The second-order valence-electron chi connectivity index (χ2n) is 6.96. The SMILES string of the molecule is CN(c1ncccn1)[C@H]1CO[C@@]2(CCCN(Cc3ccoc3)C2)C1. The Morgan fingerprint density at radius 2 is 2.25 bits per heavy atom. The number of piperidine rings is 1. The van der Waals surface area contributed by atoms with Crippen LogP contribution in [0.4, 0.5) is 5.95 Å². The summed E-state index contributed by atoms with van der Waals surface area (Å²) in [5.41, 5.74) is 1.20. The van der Waals surface area contributed by atoms with Gasteiger partial charge in [0, 0.05) is 44.5 Å². The standard InChI is InChI=1S/C18H24N4O2/c1-21(17-19-6-3-7-20-17)16-10-18(24-13-16)5-2-8-22(14-18)11-15-4-9-23-12-15/h3-4,6-7,9,12,16H,2,5,8,10-11,13-14H2,1H3/t16-,18+/m1/s1. The summed E-state index contributed by atoms with van der Waals surface area (Å²) in [4.78, 5) is 13.4. The average molecular weight is 328 g/mol. The zero-order chi connectivity index (χ0) is 16.4. The minimum Gasteiger partial charge on any atom is -0.472 e. The zero-order valence-corrected chi connectivity index (χ0v) is 14.1. The first-order valence-electron chi connectivity index (χ1n) is 8.61. The molecule has 2 fully saturated rings. The quantitative estimate of drug-likeness (QED) is 0.859. The maximum atomic E-state index is 6.32. The summed E-state index contributed by atoms with van der Waals surface area (Å²) >= 11 is 0. The molecule has 6 heteroatoms. The fourth-order valence-electron chi connectivity index (χ4n) is 3.96. The predicted octanol–water partition coefficient (Wildman–Crippen LogP) is 2.33. The first-order chi connectivity index (χ1) is 11.7. The minimum absolute atomic E-state index is 0.0321. The average Bonchev–Trinajstić information content (AvgIpc) is 3.26. The van der Waals surface area contributed by atoms with E-state index < -0.39 is 0 Å². The Kier molecular flexibility index (Phi) is 4.24. The number of aromatic nitrogens is 2. The number of rotatable bonds is 4. The highest BCUT2D eigenvalue weighted by Crippen LogP contribution is 2.37. The van der Waals surface area contributed by atoms with E-state index in [1.165, 1.54) is 12.0 Å². The molecule has 6 nitrogen and oxygen atoms in total. The molecule has 0 amide bonds. The van der Waals surface area contributed by atoms with Crippen LogP contribution in [0.15, 0.2) is 41.5 Å². The maximum Gasteiger partial charge on any atom is 0.225 e. The molecule has 0 aliphatic carbocycles. The van der Waals surface area contributed by atoms with Gasteiger partial charge >= 0.3 is 0 Å². The van der Waals surface area contributed by atoms with E-state index in [9.17, 15) is 0 Å². The van der Waals surface area contributed by atoms with Crippen LogP contribution in [0.2, 0.25) is 0 Å². The summed E-state index contributed by atoms with van der Waals surface area (Å²) in [5, 5.41) is 0. The highest BCUT2D eigenvalue weighted by atomic mass is 16.5. The molecular weight excluding hydrogens is 304 g/mol. The van der Waals surface area contributed by atoms with Crippen molar-refractivity contribution in [1.29, 1.82) is 0 Å². The third kappa shape index (κ3) is 3.16. The number of anilines is 1. The summed E-state index contributed by atoms with van der Waals surface area (Å²) in [7, 11) is 2.06. The second kappa shape index (κ2) is 6.53. The van der Waals surface area contributed by atoms with E-state index >= 15 is 0 Å². The summed E-state index contributed by atoms with van der Waals surface area (Å²) in [5.74, 6) is 0.772. The molecule has 0 radical (unpaired) electrons. The molecule has 24 heavy (non-hydrogen) atoms. The van der Waals surface area contributed by atoms with Crippen LogP contribution in [0.5, 0.6) is 0 Å². The lowest BCUT2D eigenvalue weighted by molar-refractivity contribution is -0.0533. The van der Waals surface area contributed by atoms with Gasteiger partial charge in [-0.2, -0.15) is 0 Å². The number of likely N-dealkylation sites (tertiary alicyclic amines) is 1. The molecule has 0 unspecified atom stereocenters. The summed E-state index contributed by atoms with van der Waals surface area (Å²) < 4.78 is 11.5. The summed E-state index contributed by atoms with van der Waals surface area (Å²) in [6, 6.07) is 4.22. The van der Waals surface area contributed by atoms with Gasteiger partial charge in [-0.05, 0) is 31.5 Å². The minimum atomic E-state index is -0.0321. The normalized spacial score (nSPS) is 27.6. The Bertz CT molecular complexity index is 648. The first kappa shape index (κ1) is 15.6. The highest BCUT2D eigenvalue weighted by molar-refractivity contribution is 5.30. The van der Waals surface area contributed by atoms with Gasteiger partial charge < -0.3 is 14.1 Å². The molecule has 0 bridgehead atoms. The molecule has 2 aromatic rings. The van der Waals surface area contributed by atoms with Crippen molar-refractivity contribution in [2.75, 3.05) is 31.6 Å². The molecule has 2 atom stereocenters. The molecule has 4 heterocycles. The van der Waals surface area contributed by atoms with Crippen molar-refractivity contribution >= 4 is 5.95 Å². The molecular formula is C18H24N4O2. The molecule has 4 rings (SSSR count). The lowest BCUT2D eigenvalue weighted by Crippen LogP contribution is -2.48. The van der Waals surface area contributed by atoms with E-state index in [1.54, 1.807) is 18.7 Å². The summed E-state index contributed by atoms with van der Waals surface area (Å²) in [6.45, 7) is 3.79. The molecule has 2 aliphatic rings. The van der Waals surface area contributed by atoms with E-state index in [4.69, 9.17) is 9.15 Å². The van der Waals surface area contributed by atoms with Crippen molar-refractivity contribution in [3.05, 3.63) is 42.6 Å². The van der Waals surface area contributed by atoms with E-state index in [0.29, 0.717) is 6.04 Å². The molecule has 0 saturated carbocycles. The monoisotopic (exact) mass is 328 g/mol. The van der Waals surface area contributed by atoms with Crippen molar-refractivity contribution in [2.24, 2.45) is 0 Å². The van der Waals surface area contributed by atoms with Crippen LogP contribution in [-0.4, -0.2) is 53.3 Å². The van der Waals surface area contributed by atoms with Crippen molar-refractivity contribution in [2.45, 2.75) is 37.5 Å². The van der Waals surface area contributed by atoms with Crippen LogP contribution < -0.4 is 4.90 Å². The van der Waals surface area contributed by atoms with Crippen LogP contribution in [0.25, 0.3) is 0 Å². The van der Waals surface area contributed by atoms with E-state index in [2.05, 4.69) is 26.8 Å². The zero-order valence-electron chi connectivity index (χ0n) is 14.1. The van der Waals surface area contributed by atoms with Gasteiger partial charge in [0.2, 0.25) is 5.95 Å². The van der Waals surface area contributed by atoms with Crippen LogP contribution >= 0.6 is 0 Å². The lowest BCUT2D eigenvalue weighted by Gasteiger charge is -2.39. The van der Waals surface area contributed by atoms with Gasteiger partial charge in [-0.3, -0.25) is 4.90 Å².